The number of carbonyl (C=O) groups is 1. The Morgan fingerprint density at radius 3 is 2.55 bits per heavy atom. The second kappa shape index (κ2) is 13.3. The molecule has 4 rings (SSSR count). The van der Waals surface area contributed by atoms with E-state index in [0.29, 0.717) is 45.8 Å². The number of rotatable bonds is 12. The lowest BCUT2D eigenvalue weighted by Gasteiger charge is -2.26. The number of nitrogens with zero attached hydrogens (tertiary/aromatic N) is 5. The summed E-state index contributed by atoms with van der Waals surface area (Å²) in [5.41, 5.74) is 3.21. The number of aromatic nitrogens is 3. The zero-order valence-electron chi connectivity index (χ0n) is 23.8. The zero-order chi connectivity index (χ0) is 30.4. The van der Waals surface area contributed by atoms with Crippen molar-refractivity contribution in [3.8, 4) is 17.0 Å². The average molecular weight is 604 g/mol. The average Bonchev–Trinajstić information content (AvgIpc) is 3.29. The van der Waals surface area contributed by atoms with Gasteiger partial charge in [-0.3, -0.25) is 4.79 Å². The molecule has 0 radical (unpaired) electrons. The quantitative estimate of drug-likeness (QED) is 0.193. The molecule has 1 amide bonds. The number of amides is 1. The maximum atomic E-state index is 13.3. The minimum atomic E-state index is -4.38. The first kappa shape index (κ1) is 30.9. The number of hydrogen-bond acceptors (Lipinski definition) is 7. The van der Waals surface area contributed by atoms with Crippen LogP contribution in [0.2, 0.25) is 0 Å². The van der Waals surface area contributed by atoms with Gasteiger partial charge in [-0.15, -0.1) is 11.6 Å². The number of methoxy groups -OCH3 is 1. The number of anilines is 4. The molecule has 0 aliphatic rings. The van der Waals surface area contributed by atoms with E-state index in [1.165, 1.54) is 24.1 Å². The molecular weight excluding hydrogens is 571 g/mol. The minimum Gasteiger partial charge on any atom is -0.494 e. The van der Waals surface area contributed by atoms with Gasteiger partial charge in [0, 0.05) is 67.4 Å². The van der Waals surface area contributed by atoms with E-state index in [2.05, 4.69) is 25.5 Å². The van der Waals surface area contributed by atoms with Crippen LogP contribution in [0.1, 0.15) is 6.42 Å². The number of carbonyl (C=O) groups excluding carboxylic acids is 1. The second-order valence-electron chi connectivity index (χ2n) is 9.98. The highest BCUT2D eigenvalue weighted by Crippen LogP contribution is 2.38. The maximum absolute atomic E-state index is 13.3. The van der Waals surface area contributed by atoms with Crippen LogP contribution in [-0.2, 0) is 11.3 Å². The molecule has 2 aromatic carbocycles. The van der Waals surface area contributed by atoms with Crippen molar-refractivity contribution in [2.75, 3.05) is 62.8 Å². The van der Waals surface area contributed by atoms with E-state index in [1.54, 1.807) is 36.4 Å². The Hall–Kier alpha value is -4.03. The van der Waals surface area contributed by atoms with Gasteiger partial charge in [-0.05, 0) is 32.3 Å². The van der Waals surface area contributed by atoms with E-state index in [9.17, 15) is 18.0 Å². The lowest BCUT2D eigenvalue weighted by atomic mass is 10.1. The molecule has 0 aliphatic carbocycles. The van der Waals surface area contributed by atoms with Crippen LogP contribution >= 0.6 is 11.6 Å². The summed E-state index contributed by atoms with van der Waals surface area (Å²) in [4.78, 5) is 25.5. The maximum Gasteiger partial charge on any atom is 0.406 e. The van der Waals surface area contributed by atoms with Gasteiger partial charge in [0.1, 0.15) is 12.3 Å². The molecule has 0 spiro atoms. The third-order valence-corrected chi connectivity index (χ3v) is 6.71. The van der Waals surface area contributed by atoms with E-state index in [0.717, 1.165) is 12.2 Å². The number of para-hydroxylation sites is 1. The number of ether oxygens (including phenoxy) is 1. The summed E-state index contributed by atoms with van der Waals surface area (Å²) in [6.45, 7) is 0.358. The second-order valence-corrected chi connectivity index (χ2v) is 10.4. The first-order valence-corrected chi connectivity index (χ1v) is 13.7. The van der Waals surface area contributed by atoms with Crippen LogP contribution in [0.15, 0.2) is 54.9 Å². The van der Waals surface area contributed by atoms with Crippen molar-refractivity contribution in [3.05, 3.63) is 54.9 Å². The SMILES string of the molecule is COc1cc(N(C)CCN(C)C)c(NC(=O)CCCl)cc1Nc1nccc(-c2cn(CC(F)(F)F)c3ccccc23)n1. The molecule has 42 heavy (non-hydrogen) atoms. The summed E-state index contributed by atoms with van der Waals surface area (Å²) >= 11 is 5.79. The Bertz CT molecular complexity index is 1540. The number of hydrogen-bond donors (Lipinski definition) is 2. The van der Waals surface area contributed by atoms with Gasteiger partial charge in [0.25, 0.3) is 0 Å². The van der Waals surface area contributed by atoms with Gasteiger partial charge in [-0.2, -0.15) is 13.2 Å². The molecule has 224 valence electrons. The molecule has 2 N–H and O–H groups in total. The van der Waals surface area contributed by atoms with E-state index in [1.807, 2.05) is 32.1 Å². The molecule has 0 aliphatic heterocycles. The van der Waals surface area contributed by atoms with Gasteiger partial charge in [-0.1, -0.05) is 18.2 Å². The van der Waals surface area contributed by atoms with Crippen molar-refractivity contribution in [3.63, 3.8) is 0 Å². The van der Waals surface area contributed by atoms with Gasteiger partial charge < -0.3 is 29.7 Å². The predicted molar refractivity (Wildman–Crippen MR) is 161 cm³/mol. The van der Waals surface area contributed by atoms with Gasteiger partial charge >= 0.3 is 6.18 Å². The Kier molecular flexibility index (Phi) is 9.79. The molecule has 4 aromatic rings. The fraction of sp³-hybridized carbons (Fsp3) is 0.345. The molecule has 13 heteroatoms. The summed E-state index contributed by atoms with van der Waals surface area (Å²) in [5, 5.41) is 6.71. The van der Waals surface area contributed by atoms with Gasteiger partial charge in [0.05, 0.1) is 29.9 Å². The van der Waals surface area contributed by atoms with E-state index in [4.69, 9.17) is 16.3 Å². The first-order chi connectivity index (χ1) is 20.0. The highest BCUT2D eigenvalue weighted by molar-refractivity contribution is 6.19. The largest absolute Gasteiger partial charge is 0.494 e. The molecule has 2 heterocycles. The van der Waals surface area contributed by atoms with Crippen LogP contribution in [-0.4, -0.2) is 78.7 Å². The number of nitrogens with one attached hydrogen (secondary N) is 2. The zero-order valence-corrected chi connectivity index (χ0v) is 24.6. The first-order valence-electron chi connectivity index (χ1n) is 13.2. The third-order valence-electron chi connectivity index (χ3n) is 6.52. The van der Waals surface area contributed by atoms with Crippen LogP contribution in [0, 0.1) is 0 Å². The van der Waals surface area contributed by atoms with Crippen molar-refractivity contribution in [2.45, 2.75) is 19.1 Å². The Morgan fingerprint density at radius 1 is 1.10 bits per heavy atom. The van der Waals surface area contributed by atoms with Crippen LogP contribution in [0.5, 0.6) is 5.75 Å². The lowest BCUT2D eigenvalue weighted by molar-refractivity contribution is -0.139. The topological polar surface area (TPSA) is 87.5 Å². The number of alkyl halides is 4. The summed E-state index contributed by atoms with van der Waals surface area (Å²) in [6.07, 6.45) is -1.25. The van der Waals surface area contributed by atoms with Gasteiger partial charge in [0.2, 0.25) is 11.9 Å². The van der Waals surface area contributed by atoms with Gasteiger partial charge in [-0.25, -0.2) is 9.97 Å². The standard InChI is InChI=1S/C29H33ClF3N7O2/c1-38(2)13-14-39(3)25-16-26(42-4)23(15-22(25)35-27(41)9-11-30)37-28-34-12-10-21(36-28)20-17-40(18-29(31,32)33)24-8-6-5-7-19(20)24/h5-8,10,12,15-17H,9,11,13-14,18H2,1-4H3,(H,35,41)(H,34,36,37). The van der Waals surface area contributed by atoms with E-state index in [-0.39, 0.29) is 24.2 Å². The molecule has 0 atom stereocenters. The molecule has 0 fully saturated rings. The number of halogens is 4. The van der Waals surface area contributed by atoms with Crippen LogP contribution in [0.25, 0.3) is 22.2 Å². The Morgan fingerprint density at radius 2 is 1.86 bits per heavy atom. The van der Waals surface area contributed by atoms with Crippen molar-refractivity contribution < 1.29 is 22.7 Å². The third kappa shape index (κ3) is 7.62. The van der Waals surface area contributed by atoms with Crippen LogP contribution in [0.3, 0.4) is 0 Å². The summed E-state index contributed by atoms with van der Waals surface area (Å²) in [5.74, 6) is 0.619. The predicted octanol–water partition coefficient (Wildman–Crippen LogP) is 5.98. The Balaban J connectivity index is 1.71. The summed E-state index contributed by atoms with van der Waals surface area (Å²) in [7, 11) is 7.41. The number of likely N-dealkylation sites (N-methyl/N-ethyl adjacent to an activating group) is 2. The Labute approximate surface area is 247 Å². The molecule has 0 saturated carbocycles. The fourth-order valence-corrected chi connectivity index (χ4v) is 4.66. The van der Waals surface area contributed by atoms with Gasteiger partial charge in [0.15, 0.2) is 0 Å². The highest BCUT2D eigenvalue weighted by atomic mass is 35.5. The molecule has 9 nitrogen and oxygen atoms in total. The molecule has 0 unspecified atom stereocenters. The normalized spacial score (nSPS) is 11.6. The van der Waals surface area contributed by atoms with Crippen LogP contribution < -0.4 is 20.3 Å². The van der Waals surface area contributed by atoms with Crippen LogP contribution in [0.4, 0.5) is 36.2 Å². The number of fused-ring (bicyclic) bond motifs is 1. The van der Waals surface area contributed by atoms with Crippen molar-refractivity contribution >= 4 is 51.4 Å². The molecule has 0 saturated heterocycles. The van der Waals surface area contributed by atoms with E-state index < -0.39 is 12.7 Å². The van der Waals surface area contributed by atoms with E-state index >= 15 is 0 Å². The monoisotopic (exact) mass is 603 g/mol. The van der Waals surface area contributed by atoms with Crippen molar-refractivity contribution in [1.82, 2.24) is 19.4 Å². The van der Waals surface area contributed by atoms with Crippen molar-refractivity contribution in [2.24, 2.45) is 0 Å². The van der Waals surface area contributed by atoms with Crippen molar-refractivity contribution in [1.29, 1.82) is 0 Å². The lowest BCUT2D eigenvalue weighted by Crippen LogP contribution is -2.29. The number of benzene rings is 2. The summed E-state index contributed by atoms with van der Waals surface area (Å²) < 4.78 is 46.6. The molecular formula is C29H33ClF3N7O2. The summed E-state index contributed by atoms with van der Waals surface area (Å²) in [6, 6.07) is 12.1. The fourth-order valence-electron chi connectivity index (χ4n) is 4.48. The highest BCUT2D eigenvalue weighted by Gasteiger charge is 2.29. The molecule has 0 bridgehead atoms. The molecule has 2 aromatic heterocycles. The smallest absolute Gasteiger partial charge is 0.406 e. The minimum absolute atomic E-state index is 0.143.